The Morgan fingerprint density at radius 1 is 0.600 bits per heavy atom. The number of carbonyl (C=O) groups is 1. The van der Waals surface area contributed by atoms with E-state index in [2.05, 4.69) is 38.2 Å². The van der Waals surface area contributed by atoms with E-state index in [0.717, 1.165) is 57.8 Å². The molecule has 2 atom stereocenters. The first-order valence-corrected chi connectivity index (χ1v) is 23.6. The highest BCUT2D eigenvalue weighted by Crippen LogP contribution is 2.43. The number of phosphoric ester groups is 1. The van der Waals surface area contributed by atoms with Crippen LogP contribution in [0.15, 0.2) is 60.9 Å². The zero-order chi connectivity index (χ0) is 40.6. The van der Waals surface area contributed by atoms with Crippen LogP contribution in [-0.4, -0.2) is 69.0 Å². The summed E-state index contributed by atoms with van der Waals surface area (Å²) < 4.78 is 34.7. The summed E-state index contributed by atoms with van der Waals surface area (Å²) in [5, 5.41) is 0. The molecule has 0 rings (SSSR count). The van der Waals surface area contributed by atoms with Crippen LogP contribution in [0.25, 0.3) is 0 Å². The highest BCUT2D eigenvalue weighted by molar-refractivity contribution is 7.47. The van der Waals surface area contributed by atoms with Crippen molar-refractivity contribution in [1.29, 1.82) is 0 Å². The number of esters is 1. The molecule has 1 N–H and O–H groups in total. The van der Waals surface area contributed by atoms with Gasteiger partial charge in [-0.1, -0.05) is 178 Å². The zero-order valence-electron chi connectivity index (χ0n) is 36.1. The largest absolute Gasteiger partial charge is 0.498 e. The molecule has 0 spiro atoms. The number of allylic oxidation sites excluding steroid dienone is 9. The minimum Gasteiger partial charge on any atom is -0.498 e. The summed E-state index contributed by atoms with van der Waals surface area (Å²) in [5.74, 6) is -0.359. The first kappa shape index (κ1) is 53.0. The Bertz CT molecular complexity index is 1060. The van der Waals surface area contributed by atoms with Crippen LogP contribution in [0.4, 0.5) is 0 Å². The lowest BCUT2D eigenvalue weighted by atomic mass is 10.0. The van der Waals surface area contributed by atoms with Crippen molar-refractivity contribution >= 4 is 13.8 Å². The molecule has 0 aromatic heterocycles. The lowest BCUT2D eigenvalue weighted by Crippen LogP contribution is -2.37. The lowest BCUT2D eigenvalue weighted by molar-refractivity contribution is -0.870. The van der Waals surface area contributed by atoms with Crippen molar-refractivity contribution in [2.24, 2.45) is 0 Å². The maximum absolute atomic E-state index is 12.7. The number of rotatable bonds is 40. The molecule has 1 unspecified atom stereocenters. The number of carbonyl (C=O) groups excluding carboxylic acids is 1. The molecule has 0 heterocycles. The molecule has 0 aliphatic heterocycles. The van der Waals surface area contributed by atoms with E-state index in [9.17, 15) is 14.3 Å². The third-order valence-electron chi connectivity index (χ3n) is 9.25. The summed E-state index contributed by atoms with van der Waals surface area (Å²) in [7, 11) is 1.61. The Labute approximate surface area is 339 Å². The fourth-order valence-corrected chi connectivity index (χ4v) is 6.56. The van der Waals surface area contributed by atoms with Crippen molar-refractivity contribution in [2.75, 3.05) is 47.5 Å². The average Bonchev–Trinajstić information content (AvgIpc) is 3.13. The second kappa shape index (κ2) is 38.9. The van der Waals surface area contributed by atoms with E-state index in [1.165, 1.54) is 96.3 Å². The van der Waals surface area contributed by atoms with Crippen molar-refractivity contribution in [3.63, 3.8) is 0 Å². The summed E-state index contributed by atoms with van der Waals surface area (Å²) in [6.07, 6.45) is 49.2. The molecule has 8 nitrogen and oxygen atoms in total. The van der Waals surface area contributed by atoms with Gasteiger partial charge in [-0.15, -0.1) is 0 Å². The lowest BCUT2D eigenvalue weighted by Gasteiger charge is -2.24. The number of nitrogens with zero attached hydrogens (tertiary/aromatic N) is 1. The zero-order valence-corrected chi connectivity index (χ0v) is 37.0. The minimum atomic E-state index is -4.30. The smallest absolute Gasteiger partial charge is 0.472 e. The molecule has 0 aromatic rings. The molecule has 0 fully saturated rings. The van der Waals surface area contributed by atoms with E-state index in [1.807, 2.05) is 51.5 Å². The number of unbranched alkanes of at least 4 members (excludes halogenated alkanes) is 21. The topological polar surface area (TPSA) is 91.3 Å². The van der Waals surface area contributed by atoms with Crippen molar-refractivity contribution in [1.82, 2.24) is 0 Å². The second-order valence-electron chi connectivity index (χ2n) is 15.9. The Hall–Kier alpha value is -1.96. The quantitative estimate of drug-likeness (QED) is 0.0165. The van der Waals surface area contributed by atoms with E-state index in [0.29, 0.717) is 11.0 Å². The van der Waals surface area contributed by atoms with Gasteiger partial charge in [0.1, 0.15) is 19.8 Å². The van der Waals surface area contributed by atoms with Gasteiger partial charge in [0.15, 0.2) is 6.10 Å². The van der Waals surface area contributed by atoms with Gasteiger partial charge in [-0.3, -0.25) is 13.8 Å². The van der Waals surface area contributed by atoms with E-state index in [4.69, 9.17) is 18.5 Å². The van der Waals surface area contributed by atoms with Gasteiger partial charge in [-0.2, -0.15) is 0 Å². The van der Waals surface area contributed by atoms with E-state index < -0.39 is 13.9 Å². The van der Waals surface area contributed by atoms with Gasteiger partial charge in [0.25, 0.3) is 0 Å². The summed E-state index contributed by atoms with van der Waals surface area (Å²) in [4.78, 5) is 22.8. The Kier molecular flexibility index (Phi) is 37.5. The number of likely N-dealkylation sites (N-methyl/N-ethyl adjacent to an activating group) is 1. The van der Waals surface area contributed by atoms with Gasteiger partial charge in [0.2, 0.25) is 0 Å². The van der Waals surface area contributed by atoms with E-state index >= 15 is 0 Å². The number of hydrogen-bond acceptors (Lipinski definition) is 6. The molecule has 0 aromatic carbocycles. The molecular weight excluding hydrogens is 709 g/mol. The molecule has 320 valence electrons. The first-order valence-electron chi connectivity index (χ1n) is 22.1. The second-order valence-corrected chi connectivity index (χ2v) is 17.3. The van der Waals surface area contributed by atoms with Crippen LogP contribution in [0.5, 0.6) is 0 Å². The normalized spacial score (nSPS) is 14.3. The molecule has 0 aliphatic carbocycles. The Morgan fingerprint density at radius 2 is 1.07 bits per heavy atom. The van der Waals surface area contributed by atoms with Crippen LogP contribution in [0.2, 0.25) is 0 Å². The number of ether oxygens (including phenoxy) is 2. The molecule has 55 heavy (non-hydrogen) atoms. The number of quaternary nitrogens is 1. The molecule has 0 radical (unpaired) electrons. The molecule has 0 amide bonds. The van der Waals surface area contributed by atoms with Gasteiger partial charge in [0, 0.05) is 6.42 Å². The minimum absolute atomic E-state index is 0.0367. The Balaban J connectivity index is 4.31. The predicted molar refractivity (Wildman–Crippen MR) is 233 cm³/mol. The summed E-state index contributed by atoms with van der Waals surface area (Å²) in [5.41, 5.74) is 0. The standard InChI is InChI=1S/C46H84NO7P/c1-6-8-10-12-14-16-18-20-22-23-24-26-28-30-32-34-36-38-41-51-43-45(44-53-55(49,50)52-42-40-47(3,4)5)54-46(48)39-37-35-33-31-29-27-25-21-19-17-15-13-11-9-7-2/h9,11,13,15,17,19,21,25,38,41,45H,6-8,10,12,14,16,18,20,22-24,26-37,39-40,42-44H2,1-5H3/p+1/b11-9+,15-13+,19-17+,25-21+,41-38+/t45-/m1/s1. The number of phosphoric acid groups is 1. The van der Waals surface area contributed by atoms with Crippen molar-refractivity contribution in [3.05, 3.63) is 60.9 Å². The Morgan fingerprint density at radius 3 is 1.60 bits per heavy atom. The average molecular weight is 795 g/mol. The SMILES string of the molecule is CC/C=C/C=C/C=C/C=C/CCCCCCCC(=O)O[C@H](CO/C=C/CCCCCCCCCCCCCCCCCC)COP(=O)(O)OCC[N+](C)(C)C. The summed E-state index contributed by atoms with van der Waals surface area (Å²) >= 11 is 0. The maximum Gasteiger partial charge on any atom is 0.472 e. The third kappa shape index (κ3) is 43.0. The van der Waals surface area contributed by atoms with Gasteiger partial charge in [-0.05, 0) is 44.6 Å². The maximum atomic E-state index is 12.7. The van der Waals surface area contributed by atoms with Crippen LogP contribution < -0.4 is 0 Å². The summed E-state index contributed by atoms with van der Waals surface area (Å²) in [6, 6.07) is 0. The van der Waals surface area contributed by atoms with Gasteiger partial charge in [0.05, 0.1) is 34.0 Å². The third-order valence-corrected chi connectivity index (χ3v) is 10.2. The monoisotopic (exact) mass is 795 g/mol. The highest BCUT2D eigenvalue weighted by atomic mass is 31.2. The molecule has 0 saturated heterocycles. The van der Waals surface area contributed by atoms with Gasteiger partial charge >= 0.3 is 13.8 Å². The van der Waals surface area contributed by atoms with Crippen LogP contribution in [0, 0.1) is 0 Å². The van der Waals surface area contributed by atoms with Crippen LogP contribution in [-0.2, 0) is 27.9 Å². The fraction of sp³-hybridized carbons (Fsp3) is 0.761. The van der Waals surface area contributed by atoms with E-state index in [-0.39, 0.29) is 32.2 Å². The highest BCUT2D eigenvalue weighted by Gasteiger charge is 2.26. The molecule has 0 bridgehead atoms. The van der Waals surface area contributed by atoms with Gasteiger partial charge < -0.3 is 18.9 Å². The predicted octanol–water partition coefficient (Wildman–Crippen LogP) is 13.3. The van der Waals surface area contributed by atoms with Crippen molar-refractivity contribution in [3.8, 4) is 0 Å². The molecular formula is C46H85NO7P+. The van der Waals surface area contributed by atoms with Crippen LogP contribution in [0.3, 0.4) is 0 Å². The fourth-order valence-electron chi connectivity index (χ4n) is 5.82. The van der Waals surface area contributed by atoms with Crippen molar-refractivity contribution in [2.45, 2.75) is 180 Å². The van der Waals surface area contributed by atoms with Gasteiger partial charge in [-0.25, -0.2) is 4.57 Å². The summed E-state index contributed by atoms with van der Waals surface area (Å²) in [6.45, 7) is 4.76. The molecule has 0 aliphatic rings. The number of hydrogen-bond donors (Lipinski definition) is 1. The van der Waals surface area contributed by atoms with E-state index in [1.54, 1.807) is 6.26 Å². The molecule has 9 heteroatoms. The van der Waals surface area contributed by atoms with Crippen LogP contribution >= 0.6 is 7.82 Å². The van der Waals surface area contributed by atoms with Crippen molar-refractivity contribution < 1.29 is 37.3 Å². The first-order chi connectivity index (χ1) is 26.6. The van der Waals surface area contributed by atoms with Crippen LogP contribution in [0.1, 0.15) is 174 Å². The molecule has 0 saturated carbocycles.